The van der Waals surface area contributed by atoms with Crippen LogP contribution in [0.3, 0.4) is 0 Å². The number of halogens is 1. The number of rotatable bonds is 4. The number of hydrazine groups is 1. The SMILES string of the molecule is Cc1cc2oc(=O)cc(C)c2cc1OCC(=O)NNC(=S)Nc1ccc(Cl)cc1. The second kappa shape index (κ2) is 8.93. The van der Waals surface area contributed by atoms with Gasteiger partial charge >= 0.3 is 5.63 Å². The highest BCUT2D eigenvalue weighted by Gasteiger charge is 2.10. The topological polar surface area (TPSA) is 92.6 Å². The molecule has 3 N–H and O–H groups in total. The molecule has 29 heavy (non-hydrogen) atoms. The minimum atomic E-state index is -0.416. The van der Waals surface area contributed by atoms with Gasteiger partial charge < -0.3 is 14.5 Å². The lowest BCUT2D eigenvalue weighted by Crippen LogP contribution is -2.45. The second-order valence-corrected chi connectivity index (χ2v) is 7.13. The number of ether oxygens (including phenoxy) is 1. The number of carbonyl (C=O) groups excluding carboxylic acids is 1. The number of nitrogens with one attached hydrogen (secondary N) is 3. The number of carbonyl (C=O) groups is 1. The van der Waals surface area contributed by atoms with E-state index in [9.17, 15) is 9.59 Å². The van der Waals surface area contributed by atoms with Crippen molar-refractivity contribution < 1.29 is 13.9 Å². The van der Waals surface area contributed by atoms with Gasteiger partial charge in [-0.3, -0.25) is 15.6 Å². The van der Waals surface area contributed by atoms with E-state index in [1.54, 1.807) is 43.3 Å². The molecule has 0 saturated heterocycles. The molecule has 1 amide bonds. The van der Waals surface area contributed by atoms with Gasteiger partial charge in [0.05, 0.1) is 0 Å². The lowest BCUT2D eigenvalue weighted by Gasteiger charge is -2.13. The molecule has 0 aliphatic heterocycles. The van der Waals surface area contributed by atoms with Crippen LogP contribution in [0.1, 0.15) is 11.1 Å². The number of aryl methyl sites for hydroxylation is 2. The molecule has 3 aromatic rings. The molecule has 150 valence electrons. The monoisotopic (exact) mass is 431 g/mol. The molecule has 0 unspecified atom stereocenters. The van der Waals surface area contributed by atoms with Crippen LogP contribution >= 0.6 is 23.8 Å². The minimum Gasteiger partial charge on any atom is -0.483 e. The van der Waals surface area contributed by atoms with E-state index in [2.05, 4.69) is 16.2 Å². The largest absolute Gasteiger partial charge is 0.483 e. The number of hydrogen-bond acceptors (Lipinski definition) is 5. The Morgan fingerprint density at radius 1 is 1.10 bits per heavy atom. The number of fused-ring (bicyclic) bond motifs is 1. The van der Waals surface area contributed by atoms with Gasteiger partial charge in [0.1, 0.15) is 11.3 Å². The third-order valence-corrected chi connectivity index (χ3v) is 4.48. The van der Waals surface area contributed by atoms with Crippen molar-refractivity contribution >= 4 is 51.5 Å². The van der Waals surface area contributed by atoms with E-state index in [1.165, 1.54) is 6.07 Å². The number of anilines is 1. The lowest BCUT2D eigenvalue weighted by atomic mass is 10.1. The van der Waals surface area contributed by atoms with Crippen LogP contribution in [0.25, 0.3) is 11.0 Å². The smallest absolute Gasteiger partial charge is 0.336 e. The fourth-order valence-corrected chi connectivity index (χ4v) is 2.90. The van der Waals surface area contributed by atoms with Crippen LogP contribution in [-0.4, -0.2) is 17.6 Å². The van der Waals surface area contributed by atoms with Gasteiger partial charge in [0, 0.05) is 22.2 Å². The van der Waals surface area contributed by atoms with Crippen LogP contribution in [0.4, 0.5) is 5.69 Å². The molecule has 0 bridgehead atoms. The third-order valence-electron chi connectivity index (χ3n) is 4.02. The Morgan fingerprint density at radius 2 is 1.83 bits per heavy atom. The van der Waals surface area contributed by atoms with Crippen molar-refractivity contribution in [1.82, 2.24) is 10.9 Å². The maximum Gasteiger partial charge on any atom is 0.336 e. The van der Waals surface area contributed by atoms with Crippen molar-refractivity contribution in [3.05, 3.63) is 69.0 Å². The van der Waals surface area contributed by atoms with Crippen LogP contribution < -0.4 is 26.5 Å². The quantitative estimate of drug-likeness (QED) is 0.331. The predicted octanol–water partition coefficient (Wildman–Crippen LogP) is 3.46. The van der Waals surface area contributed by atoms with Crippen molar-refractivity contribution in [2.24, 2.45) is 0 Å². The standard InChI is InChI=1S/C20H18ClN3O4S/c1-11-8-19(26)28-17-7-12(2)16(9-15(11)17)27-10-18(25)23-24-20(29)22-14-5-3-13(21)4-6-14/h3-9H,10H2,1-2H3,(H,23,25)(H2,22,24,29). The molecule has 3 rings (SSSR count). The molecule has 0 aliphatic carbocycles. The van der Waals surface area contributed by atoms with E-state index in [0.717, 1.165) is 22.2 Å². The van der Waals surface area contributed by atoms with Gasteiger partial charge in [-0.25, -0.2) is 4.79 Å². The predicted molar refractivity (Wildman–Crippen MR) is 116 cm³/mol. The van der Waals surface area contributed by atoms with Gasteiger partial charge in [-0.15, -0.1) is 0 Å². The molecule has 2 aromatic carbocycles. The van der Waals surface area contributed by atoms with Gasteiger partial charge in [0.15, 0.2) is 11.7 Å². The highest BCUT2D eigenvalue weighted by Crippen LogP contribution is 2.26. The van der Waals surface area contributed by atoms with E-state index < -0.39 is 11.5 Å². The zero-order chi connectivity index (χ0) is 21.0. The van der Waals surface area contributed by atoms with Crippen molar-refractivity contribution in [3.63, 3.8) is 0 Å². The number of hydrogen-bond donors (Lipinski definition) is 3. The third kappa shape index (κ3) is 5.46. The van der Waals surface area contributed by atoms with Crippen molar-refractivity contribution in [2.45, 2.75) is 13.8 Å². The summed E-state index contributed by atoms with van der Waals surface area (Å²) in [7, 11) is 0. The van der Waals surface area contributed by atoms with Crippen molar-refractivity contribution in [3.8, 4) is 5.75 Å². The molecule has 0 atom stereocenters. The van der Waals surface area contributed by atoms with E-state index in [1.807, 2.05) is 6.92 Å². The number of amides is 1. The summed E-state index contributed by atoms with van der Waals surface area (Å²) in [4.78, 5) is 23.5. The second-order valence-electron chi connectivity index (χ2n) is 6.29. The summed E-state index contributed by atoms with van der Waals surface area (Å²) in [5.74, 6) is 0.104. The van der Waals surface area contributed by atoms with E-state index >= 15 is 0 Å². The molecule has 0 radical (unpaired) electrons. The zero-order valence-corrected chi connectivity index (χ0v) is 17.2. The highest BCUT2D eigenvalue weighted by atomic mass is 35.5. The Bertz CT molecular complexity index is 1130. The molecule has 0 aliphatic rings. The van der Waals surface area contributed by atoms with E-state index in [-0.39, 0.29) is 11.7 Å². The van der Waals surface area contributed by atoms with Crippen LogP contribution in [0.2, 0.25) is 5.02 Å². The van der Waals surface area contributed by atoms with Gasteiger partial charge in [0.2, 0.25) is 0 Å². The summed E-state index contributed by atoms with van der Waals surface area (Å²) in [6.45, 7) is 3.39. The maximum absolute atomic E-state index is 12.0. The molecule has 9 heteroatoms. The van der Waals surface area contributed by atoms with Crippen LogP contribution in [0.15, 0.2) is 51.7 Å². The van der Waals surface area contributed by atoms with Gasteiger partial charge in [-0.2, -0.15) is 0 Å². The van der Waals surface area contributed by atoms with Crippen molar-refractivity contribution in [1.29, 1.82) is 0 Å². The summed E-state index contributed by atoms with van der Waals surface area (Å²) in [5, 5.41) is 4.48. The first-order chi connectivity index (χ1) is 13.8. The summed E-state index contributed by atoms with van der Waals surface area (Å²) >= 11 is 10.9. The maximum atomic E-state index is 12.0. The Hall–Kier alpha value is -3.10. The van der Waals surface area contributed by atoms with Gasteiger partial charge in [-0.1, -0.05) is 11.6 Å². The Balaban J connectivity index is 1.55. The van der Waals surface area contributed by atoms with Crippen molar-refractivity contribution in [2.75, 3.05) is 11.9 Å². The van der Waals surface area contributed by atoms with Crippen LogP contribution in [0, 0.1) is 13.8 Å². The fourth-order valence-electron chi connectivity index (χ4n) is 2.60. The Labute approximate surface area is 177 Å². The summed E-state index contributed by atoms with van der Waals surface area (Å²) in [5.41, 5.74) is 7.37. The minimum absolute atomic E-state index is 0.216. The highest BCUT2D eigenvalue weighted by molar-refractivity contribution is 7.80. The Kier molecular flexibility index (Phi) is 6.36. The molecule has 0 fully saturated rings. The molecule has 1 heterocycles. The molecule has 7 nitrogen and oxygen atoms in total. The van der Waals surface area contributed by atoms with E-state index in [4.69, 9.17) is 33.0 Å². The Morgan fingerprint density at radius 3 is 2.55 bits per heavy atom. The van der Waals surface area contributed by atoms with Gasteiger partial charge in [-0.05, 0) is 73.6 Å². The van der Waals surface area contributed by atoms with Gasteiger partial charge in [0.25, 0.3) is 5.91 Å². The molecular formula is C20H18ClN3O4S. The van der Waals surface area contributed by atoms with Crippen LogP contribution in [-0.2, 0) is 4.79 Å². The first-order valence-corrected chi connectivity index (χ1v) is 9.40. The first-order valence-electron chi connectivity index (χ1n) is 8.61. The average molecular weight is 432 g/mol. The normalized spacial score (nSPS) is 10.4. The molecule has 0 spiro atoms. The summed E-state index contributed by atoms with van der Waals surface area (Å²) < 4.78 is 10.8. The summed E-state index contributed by atoms with van der Waals surface area (Å²) in [6.07, 6.45) is 0. The number of thiocarbonyl (C=S) groups is 1. The van der Waals surface area contributed by atoms with E-state index in [0.29, 0.717) is 16.4 Å². The lowest BCUT2D eigenvalue weighted by molar-refractivity contribution is -0.123. The average Bonchev–Trinajstić information content (AvgIpc) is 2.66. The molecular weight excluding hydrogens is 414 g/mol. The first kappa shape index (κ1) is 20.6. The summed E-state index contributed by atoms with van der Waals surface area (Å²) in [6, 6.07) is 11.8. The molecule has 1 aromatic heterocycles. The fraction of sp³-hybridized carbons (Fsp3) is 0.150. The zero-order valence-electron chi connectivity index (χ0n) is 15.7. The number of benzene rings is 2. The molecule has 0 saturated carbocycles. The van der Waals surface area contributed by atoms with Crippen LogP contribution in [0.5, 0.6) is 5.75 Å².